The van der Waals surface area contributed by atoms with Crippen LogP contribution in [-0.4, -0.2) is 27.2 Å². The molecule has 3 aromatic rings. The Morgan fingerprint density at radius 2 is 2.00 bits per heavy atom. The van der Waals surface area contributed by atoms with Crippen LogP contribution in [0.3, 0.4) is 0 Å². The monoisotopic (exact) mass is 340 g/mol. The fourth-order valence-electron chi connectivity index (χ4n) is 2.20. The highest BCUT2D eigenvalue weighted by molar-refractivity contribution is 6.04. The summed E-state index contributed by atoms with van der Waals surface area (Å²) in [7, 11) is 0. The van der Waals surface area contributed by atoms with E-state index in [4.69, 9.17) is 4.74 Å². The van der Waals surface area contributed by atoms with E-state index in [9.17, 15) is 9.18 Å². The molecule has 7 heteroatoms. The van der Waals surface area contributed by atoms with Gasteiger partial charge in [0.2, 0.25) is 5.88 Å². The maximum Gasteiger partial charge on any atom is 0.273 e. The fraction of sp³-hybridized carbons (Fsp3) is 0.167. The molecular weight excluding hydrogens is 323 g/mol. The topological polar surface area (TPSA) is 79.9 Å². The number of rotatable bonds is 5. The van der Waals surface area contributed by atoms with Crippen molar-refractivity contribution in [3.05, 3.63) is 60.2 Å². The number of nitrogens with one attached hydrogen (secondary N) is 2. The number of halogens is 1. The predicted molar refractivity (Wildman–Crippen MR) is 91.9 cm³/mol. The number of ether oxygens (including phenoxy) is 1. The number of carbonyl (C=O) groups is 1. The molecule has 0 radical (unpaired) electrons. The van der Waals surface area contributed by atoms with Crippen molar-refractivity contribution in [1.82, 2.24) is 15.2 Å². The lowest BCUT2D eigenvalue weighted by Gasteiger charge is -2.12. The molecule has 2 aromatic heterocycles. The first-order valence-electron chi connectivity index (χ1n) is 7.77. The highest BCUT2D eigenvalue weighted by atomic mass is 19.1. The highest BCUT2D eigenvalue weighted by Gasteiger charge is 2.14. The fourth-order valence-corrected chi connectivity index (χ4v) is 2.20. The first-order valence-corrected chi connectivity index (χ1v) is 7.77. The third-order valence-corrected chi connectivity index (χ3v) is 3.33. The van der Waals surface area contributed by atoms with E-state index in [1.54, 1.807) is 36.5 Å². The van der Waals surface area contributed by atoms with Crippen molar-refractivity contribution in [2.24, 2.45) is 0 Å². The van der Waals surface area contributed by atoms with Crippen LogP contribution in [0.2, 0.25) is 0 Å². The van der Waals surface area contributed by atoms with E-state index in [1.165, 1.54) is 12.1 Å². The van der Waals surface area contributed by atoms with E-state index in [0.717, 1.165) is 0 Å². The highest BCUT2D eigenvalue weighted by Crippen LogP contribution is 2.23. The Morgan fingerprint density at radius 1 is 1.24 bits per heavy atom. The summed E-state index contributed by atoms with van der Waals surface area (Å²) in [6, 6.07) is 10.9. The summed E-state index contributed by atoms with van der Waals surface area (Å²) in [5.41, 5.74) is 2.01. The molecule has 128 valence electrons. The Bertz CT molecular complexity index is 875. The molecule has 3 rings (SSSR count). The van der Waals surface area contributed by atoms with Crippen LogP contribution in [0.1, 0.15) is 24.3 Å². The van der Waals surface area contributed by atoms with E-state index in [2.05, 4.69) is 20.5 Å². The molecule has 0 aliphatic heterocycles. The van der Waals surface area contributed by atoms with Crippen LogP contribution < -0.4 is 10.1 Å². The van der Waals surface area contributed by atoms with E-state index in [1.807, 2.05) is 13.8 Å². The summed E-state index contributed by atoms with van der Waals surface area (Å²) in [4.78, 5) is 16.6. The second kappa shape index (κ2) is 7.12. The summed E-state index contributed by atoms with van der Waals surface area (Å²) in [5, 5.41) is 9.52. The average molecular weight is 340 g/mol. The smallest absolute Gasteiger partial charge is 0.273 e. The third kappa shape index (κ3) is 4.00. The molecule has 1 aromatic carbocycles. The third-order valence-electron chi connectivity index (χ3n) is 3.33. The molecule has 0 fully saturated rings. The number of nitrogens with zero attached hydrogens (tertiary/aromatic N) is 2. The van der Waals surface area contributed by atoms with Gasteiger partial charge in [-0.25, -0.2) is 9.37 Å². The summed E-state index contributed by atoms with van der Waals surface area (Å²) in [5.74, 6) is -0.349. The average Bonchev–Trinajstić information content (AvgIpc) is 3.07. The summed E-state index contributed by atoms with van der Waals surface area (Å²) >= 11 is 0. The minimum Gasteiger partial charge on any atom is -0.473 e. The Hall–Kier alpha value is -3.22. The molecule has 0 aliphatic carbocycles. The Kier molecular flexibility index (Phi) is 4.74. The number of pyridine rings is 1. The zero-order chi connectivity index (χ0) is 17.8. The number of anilines is 1. The first-order chi connectivity index (χ1) is 12.0. The molecule has 0 atom stereocenters. The Morgan fingerprint density at radius 3 is 2.72 bits per heavy atom. The van der Waals surface area contributed by atoms with E-state index >= 15 is 0 Å². The SMILES string of the molecule is CC(C)Oc1ncccc1NC(=O)c1cc(-c2ccc(F)cc2)n[nH]1. The molecular formula is C18H17FN4O2. The van der Waals surface area contributed by atoms with E-state index in [-0.39, 0.29) is 23.5 Å². The lowest BCUT2D eigenvalue weighted by Crippen LogP contribution is -2.15. The van der Waals surface area contributed by atoms with Crippen LogP contribution >= 0.6 is 0 Å². The van der Waals surface area contributed by atoms with Gasteiger partial charge in [-0.2, -0.15) is 5.10 Å². The number of hydrogen-bond donors (Lipinski definition) is 2. The van der Waals surface area contributed by atoms with Crippen LogP contribution in [0.4, 0.5) is 10.1 Å². The molecule has 0 aliphatic rings. The second-order valence-electron chi connectivity index (χ2n) is 5.65. The van der Waals surface area contributed by atoms with Gasteiger partial charge in [0, 0.05) is 11.8 Å². The minimum atomic E-state index is -0.373. The standard InChI is InChI=1S/C18H17FN4O2/c1-11(2)25-18-14(4-3-9-20-18)21-17(24)16-10-15(22-23-16)12-5-7-13(19)8-6-12/h3-11H,1-2H3,(H,21,24)(H,22,23). The van der Waals surface area contributed by atoms with Crippen molar-refractivity contribution in [3.8, 4) is 17.1 Å². The van der Waals surface area contributed by atoms with Crippen molar-refractivity contribution < 1.29 is 13.9 Å². The number of carbonyl (C=O) groups excluding carboxylic acids is 1. The predicted octanol–water partition coefficient (Wildman–Crippen LogP) is 3.65. The number of benzene rings is 1. The van der Waals surface area contributed by atoms with Gasteiger partial charge in [-0.3, -0.25) is 9.89 Å². The normalized spacial score (nSPS) is 10.7. The number of aromatic amines is 1. The van der Waals surface area contributed by atoms with Gasteiger partial charge >= 0.3 is 0 Å². The van der Waals surface area contributed by atoms with Crippen LogP contribution in [0.15, 0.2) is 48.7 Å². The van der Waals surface area contributed by atoms with Crippen LogP contribution in [-0.2, 0) is 0 Å². The number of hydrogen-bond acceptors (Lipinski definition) is 4. The minimum absolute atomic E-state index is 0.0669. The molecule has 2 heterocycles. The van der Waals surface area contributed by atoms with Crippen LogP contribution in [0, 0.1) is 5.82 Å². The van der Waals surface area contributed by atoms with Crippen LogP contribution in [0.5, 0.6) is 5.88 Å². The van der Waals surface area contributed by atoms with Crippen molar-refractivity contribution in [3.63, 3.8) is 0 Å². The van der Waals surface area contributed by atoms with Crippen molar-refractivity contribution in [1.29, 1.82) is 0 Å². The summed E-state index contributed by atoms with van der Waals surface area (Å²) < 4.78 is 18.6. The molecule has 0 bridgehead atoms. The largest absolute Gasteiger partial charge is 0.473 e. The number of H-pyrrole nitrogens is 1. The van der Waals surface area contributed by atoms with Crippen molar-refractivity contribution >= 4 is 11.6 Å². The first kappa shape index (κ1) is 16.6. The molecule has 25 heavy (non-hydrogen) atoms. The van der Waals surface area contributed by atoms with E-state index in [0.29, 0.717) is 22.8 Å². The van der Waals surface area contributed by atoms with E-state index < -0.39 is 0 Å². The zero-order valence-electron chi connectivity index (χ0n) is 13.8. The summed E-state index contributed by atoms with van der Waals surface area (Å²) in [6.07, 6.45) is 1.53. The van der Waals surface area contributed by atoms with Crippen molar-refractivity contribution in [2.75, 3.05) is 5.32 Å². The maximum absolute atomic E-state index is 13.0. The van der Waals surface area contributed by atoms with Crippen molar-refractivity contribution in [2.45, 2.75) is 20.0 Å². The van der Waals surface area contributed by atoms with Gasteiger partial charge in [-0.05, 0) is 56.3 Å². The van der Waals surface area contributed by atoms with Gasteiger partial charge in [-0.15, -0.1) is 0 Å². The molecule has 1 amide bonds. The second-order valence-corrected chi connectivity index (χ2v) is 5.65. The number of aromatic nitrogens is 3. The summed E-state index contributed by atoms with van der Waals surface area (Å²) in [6.45, 7) is 3.76. The lowest BCUT2D eigenvalue weighted by atomic mass is 10.1. The number of amides is 1. The molecule has 0 saturated heterocycles. The van der Waals surface area contributed by atoms with Gasteiger partial charge in [0.15, 0.2) is 0 Å². The molecule has 0 saturated carbocycles. The van der Waals surface area contributed by atoms with Crippen LogP contribution in [0.25, 0.3) is 11.3 Å². The maximum atomic E-state index is 13.0. The van der Waals surface area contributed by atoms with Gasteiger partial charge in [0.25, 0.3) is 5.91 Å². The quantitative estimate of drug-likeness (QED) is 0.743. The van der Waals surface area contributed by atoms with Gasteiger partial charge < -0.3 is 10.1 Å². The molecule has 2 N–H and O–H groups in total. The molecule has 0 unspecified atom stereocenters. The Labute approximate surface area is 144 Å². The Balaban J connectivity index is 1.78. The molecule has 6 nitrogen and oxygen atoms in total. The van der Waals surface area contributed by atoms with Gasteiger partial charge in [0.05, 0.1) is 11.8 Å². The lowest BCUT2D eigenvalue weighted by molar-refractivity contribution is 0.102. The van der Waals surface area contributed by atoms with Gasteiger partial charge in [-0.1, -0.05) is 0 Å². The molecule has 0 spiro atoms. The zero-order valence-corrected chi connectivity index (χ0v) is 13.8. The van der Waals surface area contributed by atoms with Gasteiger partial charge in [0.1, 0.15) is 17.2 Å².